The Morgan fingerprint density at radius 1 is 1.73 bits per heavy atom. The highest BCUT2D eigenvalue weighted by atomic mass is 16.5. The second-order valence-electron chi connectivity index (χ2n) is 2.62. The summed E-state index contributed by atoms with van der Waals surface area (Å²) in [7, 11) is 0. The molecular weight excluding hydrogens is 142 g/mol. The molecule has 0 spiro atoms. The van der Waals surface area contributed by atoms with Crippen molar-refractivity contribution < 1.29 is 9.53 Å². The second-order valence-corrected chi connectivity index (χ2v) is 2.62. The molecule has 62 valence electrons. The number of ether oxygens (including phenoxy) is 1. The first-order chi connectivity index (χ1) is 5.24. The van der Waals surface area contributed by atoms with E-state index in [1.165, 1.54) is 0 Å². The van der Waals surface area contributed by atoms with Gasteiger partial charge in [-0.1, -0.05) is 6.58 Å². The second kappa shape index (κ2) is 3.42. The number of nitrogens with one attached hydrogen (secondary N) is 1. The van der Waals surface area contributed by atoms with Gasteiger partial charge >= 0.3 is 5.97 Å². The maximum absolute atomic E-state index is 10.9. The van der Waals surface area contributed by atoms with Crippen LogP contribution in [0.2, 0.25) is 0 Å². The first kappa shape index (κ1) is 8.11. The lowest BCUT2D eigenvalue weighted by molar-refractivity contribution is -0.138. The third-order valence-corrected chi connectivity index (χ3v) is 1.48. The van der Waals surface area contributed by atoms with Crippen molar-refractivity contribution in [1.82, 2.24) is 5.32 Å². The van der Waals surface area contributed by atoms with E-state index in [4.69, 9.17) is 4.74 Å². The van der Waals surface area contributed by atoms with E-state index in [2.05, 4.69) is 11.9 Å². The van der Waals surface area contributed by atoms with Gasteiger partial charge in [-0.15, -0.1) is 0 Å². The third kappa shape index (κ3) is 2.62. The Bertz CT molecular complexity index is 173. The molecule has 3 nitrogen and oxygen atoms in total. The standard InChI is InChI=1S/C8H13NO2/c1-3-11-8(10)6(2)9-7-4-5-7/h7,9H,2-5H2,1H3. The van der Waals surface area contributed by atoms with Gasteiger partial charge in [0.05, 0.1) is 6.61 Å². The predicted octanol–water partition coefficient (Wildman–Crippen LogP) is 0.815. The average Bonchev–Trinajstić information content (AvgIpc) is 2.72. The lowest BCUT2D eigenvalue weighted by Crippen LogP contribution is -2.23. The third-order valence-electron chi connectivity index (χ3n) is 1.48. The van der Waals surface area contributed by atoms with Gasteiger partial charge in [0.25, 0.3) is 0 Å². The van der Waals surface area contributed by atoms with Crippen LogP contribution in [0.1, 0.15) is 19.8 Å². The molecule has 1 aliphatic rings. The summed E-state index contributed by atoms with van der Waals surface area (Å²) >= 11 is 0. The zero-order chi connectivity index (χ0) is 8.27. The molecule has 0 aliphatic heterocycles. The van der Waals surface area contributed by atoms with Crippen molar-refractivity contribution in [2.75, 3.05) is 6.61 Å². The SMILES string of the molecule is C=C(NC1CC1)C(=O)OCC. The van der Waals surface area contributed by atoms with Crippen LogP contribution in [-0.2, 0) is 9.53 Å². The summed E-state index contributed by atoms with van der Waals surface area (Å²) in [4.78, 5) is 10.9. The Morgan fingerprint density at radius 2 is 2.36 bits per heavy atom. The molecule has 0 aromatic carbocycles. The Hall–Kier alpha value is -0.990. The topological polar surface area (TPSA) is 38.3 Å². The van der Waals surface area contributed by atoms with Gasteiger partial charge in [-0.3, -0.25) is 0 Å². The van der Waals surface area contributed by atoms with E-state index in [1.54, 1.807) is 6.92 Å². The molecular formula is C8H13NO2. The minimum Gasteiger partial charge on any atom is -0.461 e. The Labute approximate surface area is 66.4 Å². The van der Waals surface area contributed by atoms with Crippen molar-refractivity contribution in [2.45, 2.75) is 25.8 Å². The molecule has 3 heteroatoms. The van der Waals surface area contributed by atoms with Crippen LogP contribution in [0.3, 0.4) is 0 Å². The van der Waals surface area contributed by atoms with Gasteiger partial charge in [0, 0.05) is 6.04 Å². The molecule has 0 aromatic heterocycles. The predicted molar refractivity (Wildman–Crippen MR) is 41.9 cm³/mol. The number of esters is 1. The van der Waals surface area contributed by atoms with Crippen molar-refractivity contribution in [3.8, 4) is 0 Å². The molecule has 11 heavy (non-hydrogen) atoms. The Morgan fingerprint density at radius 3 is 2.82 bits per heavy atom. The molecule has 1 N–H and O–H groups in total. The minimum atomic E-state index is -0.334. The van der Waals surface area contributed by atoms with Gasteiger partial charge in [0.2, 0.25) is 0 Å². The smallest absolute Gasteiger partial charge is 0.353 e. The van der Waals surface area contributed by atoms with Crippen LogP contribution in [0.15, 0.2) is 12.3 Å². The van der Waals surface area contributed by atoms with Crippen molar-refractivity contribution >= 4 is 5.97 Å². The molecule has 0 atom stereocenters. The Balaban J connectivity index is 2.21. The van der Waals surface area contributed by atoms with Gasteiger partial charge in [0.1, 0.15) is 5.70 Å². The summed E-state index contributed by atoms with van der Waals surface area (Å²) in [5, 5.41) is 2.97. The maximum atomic E-state index is 10.9. The van der Waals surface area contributed by atoms with Gasteiger partial charge in [-0.25, -0.2) is 4.79 Å². The molecule has 0 radical (unpaired) electrons. The molecule has 0 heterocycles. The summed E-state index contributed by atoms with van der Waals surface area (Å²) in [6.07, 6.45) is 2.27. The van der Waals surface area contributed by atoms with Crippen LogP contribution in [0, 0.1) is 0 Å². The van der Waals surface area contributed by atoms with E-state index in [-0.39, 0.29) is 5.97 Å². The average molecular weight is 155 g/mol. The molecule has 0 amide bonds. The van der Waals surface area contributed by atoms with Crippen LogP contribution >= 0.6 is 0 Å². The van der Waals surface area contributed by atoms with E-state index in [0.717, 1.165) is 12.8 Å². The number of hydrogen-bond donors (Lipinski definition) is 1. The molecule has 0 saturated heterocycles. The van der Waals surface area contributed by atoms with Gasteiger partial charge in [-0.05, 0) is 19.8 Å². The van der Waals surface area contributed by atoms with E-state index in [9.17, 15) is 4.79 Å². The summed E-state index contributed by atoms with van der Waals surface area (Å²) in [5.41, 5.74) is 0.384. The lowest BCUT2D eigenvalue weighted by atomic mass is 10.5. The number of rotatable bonds is 4. The van der Waals surface area contributed by atoms with Crippen LogP contribution in [0.25, 0.3) is 0 Å². The summed E-state index contributed by atoms with van der Waals surface area (Å²) < 4.78 is 4.73. The fourth-order valence-corrected chi connectivity index (χ4v) is 0.751. The van der Waals surface area contributed by atoms with E-state index < -0.39 is 0 Å². The molecule has 1 aliphatic carbocycles. The largest absolute Gasteiger partial charge is 0.461 e. The number of carbonyl (C=O) groups is 1. The summed E-state index contributed by atoms with van der Waals surface area (Å²) in [6, 6.07) is 0.465. The fraction of sp³-hybridized carbons (Fsp3) is 0.625. The highest BCUT2D eigenvalue weighted by molar-refractivity contribution is 5.87. The van der Waals surface area contributed by atoms with E-state index >= 15 is 0 Å². The van der Waals surface area contributed by atoms with Crippen molar-refractivity contribution in [3.05, 3.63) is 12.3 Å². The van der Waals surface area contributed by atoms with E-state index in [1.807, 2.05) is 0 Å². The highest BCUT2D eigenvalue weighted by Gasteiger charge is 2.23. The van der Waals surface area contributed by atoms with Gasteiger partial charge < -0.3 is 10.1 Å². The van der Waals surface area contributed by atoms with Gasteiger partial charge in [0.15, 0.2) is 0 Å². The molecule has 0 aromatic rings. The molecule has 0 unspecified atom stereocenters. The normalized spacial score (nSPS) is 15.7. The zero-order valence-corrected chi connectivity index (χ0v) is 6.72. The van der Waals surface area contributed by atoms with Crippen LogP contribution < -0.4 is 5.32 Å². The number of hydrogen-bond acceptors (Lipinski definition) is 3. The molecule has 1 saturated carbocycles. The summed E-state index contributed by atoms with van der Waals surface area (Å²) in [5.74, 6) is -0.334. The maximum Gasteiger partial charge on any atom is 0.353 e. The first-order valence-electron chi connectivity index (χ1n) is 3.86. The van der Waals surface area contributed by atoms with Gasteiger partial charge in [-0.2, -0.15) is 0 Å². The molecule has 1 rings (SSSR count). The van der Waals surface area contributed by atoms with Crippen molar-refractivity contribution in [3.63, 3.8) is 0 Å². The quantitative estimate of drug-likeness (QED) is 0.482. The monoisotopic (exact) mass is 155 g/mol. The zero-order valence-electron chi connectivity index (χ0n) is 6.72. The first-order valence-corrected chi connectivity index (χ1v) is 3.86. The molecule has 1 fully saturated rings. The van der Waals surface area contributed by atoms with E-state index in [0.29, 0.717) is 18.3 Å². The lowest BCUT2D eigenvalue weighted by Gasteiger charge is -2.05. The Kier molecular flexibility index (Phi) is 2.52. The van der Waals surface area contributed by atoms with Crippen molar-refractivity contribution in [1.29, 1.82) is 0 Å². The number of carbonyl (C=O) groups excluding carboxylic acids is 1. The van der Waals surface area contributed by atoms with Crippen LogP contribution in [0.4, 0.5) is 0 Å². The molecule has 0 bridgehead atoms. The highest BCUT2D eigenvalue weighted by Crippen LogP contribution is 2.19. The summed E-state index contributed by atoms with van der Waals surface area (Å²) in [6.45, 7) is 5.75. The fourth-order valence-electron chi connectivity index (χ4n) is 0.751. The van der Waals surface area contributed by atoms with Crippen LogP contribution in [0.5, 0.6) is 0 Å². The minimum absolute atomic E-state index is 0.334. The van der Waals surface area contributed by atoms with Crippen LogP contribution in [-0.4, -0.2) is 18.6 Å². The van der Waals surface area contributed by atoms with Crippen molar-refractivity contribution in [2.24, 2.45) is 0 Å².